The number of benzene rings is 2. The van der Waals surface area contributed by atoms with Crippen molar-refractivity contribution in [2.75, 3.05) is 16.6 Å². The highest BCUT2D eigenvalue weighted by atomic mass is 32.2. The van der Waals surface area contributed by atoms with Gasteiger partial charge in [0.1, 0.15) is 5.75 Å². The summed E-state index contributed by atoms with van der Waals surface area (Å²) >= 11 is 0. The smallest absolute Gasteiger partial charge is 0.255 e. The van der Waals surface area contributed by atoms with Crippen molar-refractivity contribution >= 4 is 27.3 Å². The molecule has 0 heterocycles. The third kappa shape index (κ3) is 5.47. The van der Waals surface area contributed by atoms with Crippen molar-refractivity contribution in [1.29, 1.82) is 0 Å². The monoisotopic (exact) mass is 388 g/mol. The first kappa shape index (κ1) is 19.2. The van der Waals surface area contributed by atoms with E-state index in [0.29, 0.717) is 29.5 Å². The molecule has 144 valence electrons. The highest BCUT2D eigenvalue weighted by molar-refractivity contribution is 7.93. The van der Waals surface area contributed by atoms with Crippen molar-refractivity contribution in [3.05, 3.63) is 54.1 Å². The molecule has 1 aliphatic rings. The van der Waals surface area contributed by atoms with Crippen LogP contribution >= 0.6 is 0 Å². The number of hydrogen-bond donors (Lipinski definition) is 2. The Kier molecular flexibility index (Phi) is 5.70. The molecule has 2 N–H and O–H groups in total. The van der Waals surface area contributed by atoms with Crippen molar-refractivity contribution < 1.29 is 17.9 Å². The summed E-state index contributed by atoms with van der Waals surface area (Å²) in [6, 6.07) is 13.6. The van der Waals surface area contributed by atoms with Gasteiger partial charge < -0.3 is 10.1 Å². The first-order chi connectivity index (χ1) is 12.8. The summed E-state index contributed by atoms with van der Waals surface area (Å²) in [5.41, 5.74) is 1.51. The fraction of sp³-hybridized carbons (Fsp3) is 0.350. The number of ether oxygens (including phenoxy) is 1. The van der Waals surface area contributed by atoms with Gasteiger partial charge in [-0.3, -0.25) is 9.52 Å². The minimum absolute atomic E-state index is 0.271. The third-order valence-electron chi connectivity index (χ3n) is 4.30. The highest BCUT2D eigenvalue weighted by Crippen LogP contribution is 2.30. The average Bonchev–Trinajstić information content (AvgIpc) is 3.45. The molecule has 0 aliphatic heterocycles. The lowest BCUT2D eigenvalue weighted by Gasteiger charge is -2.11. The minimum atomic E-state index is -3.41. The molecule has 0 atom stereocenters. The molecule has 7 heteroatoms. The van der Waals surface area contributed by atoms with Crippen LogP contribution < -0.4 is 14.8 Å². The standard InChI is InChI=1S/C20H24N2O4S/c1-14(2)27(24,25)22-17-10-8-16(9-11-17)20(23)21-18-4-3-5-19(12-18)26-13-15-6-7-15/h3-5,8-12,14-15,22H,6-7,13H2,1-2H3,(H,21,23). The number of nitrogens with one attached hydrogen (secondary N) is 2. The zero-order valence-electron chi connectivity index (χ0n) is 15.4. The highest BCUT2D eigenvalue weighted by Gasteiger charge is 2.22. The lowest BCUT2D eigenvalue weighted by atomic mass is 10.2. The van der Waals surface area contributed by atoms with Gasteiger partial charge in [0, 0.05) is 23.0 Å². The fourth-order valence-electron chi connectivity index (χ4n) is 2.34. The quantitative estimate of drug-likeness (QED) is 0.719. The van der Waals surface area contributed by atoms with Crippen molar-refractivity contribution in [3.8, 4) is 5.75 Å². The van der Waals surface area contributed by atoms with Gasteiger partial charge in [0.25, 0.3) is 5.91 Å². The molecule has 27 heavy (non-hydrogen) atoms. The molecule has 0 spiro atoms. The van der Waals surface area contributed by atoms with Gasteiger partial charge in [-0.25, -0.2) is 8.42 Å². The molecule has 3 rings (SSSR count). The second-order valence-corrected chi connectivity index (χ2v) is 9.25. The third-order valence-corrected chi connectivity index (χ3v) is 6.06. The number of hydrogen-bond acceptors (Lipinski definition) is 4. The molecule has 0 saturated heterocycles. The van der Waals surface area contributed by atoms with Gasteiger partial charge >= 0.3 is 0 Å². The van der Waals surface area contributed by atoms with Crippen LogP contribution in [0.3, 0.4) is 0 Å². The zero-order chi connectivity index (χ0) is 19.4. The van der Waals surface area contributed by atoms with Crippen molar-refractivity contribution in [2.45, 2.75) is 31.9 Å². The Morgan fingerprint density at radius 2 is 1.81 bits per heavy atom. The Balaban J connectivity index is 1.61. The van der Waals surface area contributed by atoms with Gasteiger partial charge in [-0.2, -0.15) is 0 Å². The molecule has 0 unspecified atom stereocenters. The number of anilines is 2. The average molecular weight is 388 g/mol. The lowest BCUT2D eigenvalue weighted by Crippen LogP contribution is -2.22. The molecule has 1 amide bonds. The van der Waals surface area contributed by atoms with E-state index in [4.69, 9.17) is 4.74 Å². The van der Waals surface area contributed by atoms with E-state index < -0.39 is 15.3 Å². The van der Waals surface area contributed by atoms with Gasteiger partial charge in [-0.1, -0.05) is 6.07 Å². The summed E-state index contributed by atoms with van der Waals surface area (Å²) in [6.45, 7) is 3.92. The second kappa shape index (κ2) is 8.00. The predicted octanol–water partition coefficient (Wildman–Crippen LogP) is 3.88. The van der Waals surface area contributed by atoms with E-state index >= 15 is 0 Å². The Bertz CT molecular complexity index is 904. The molecule has 2 aromatic carbocycles. The molecule has 0 radical (unpaired) electrons. The Hall–Kier alpha value is -2.54. The molecule has 1 saturated carbocycles. The van der Waals surface area contributed by atoms with E-state index in [1.54, 1.807) is 50.2 Å². The van der Waals surface area contributed by atoms with Gasteiger partial charge in [0.2, 0.25) is 10.0 Å². The second-order valence-electron chi connectivity index (χ2n) is 7.01. The van der Waals surface area contributed by atoms with Crippen molar-refractivity contribution in [3.63, 3.8) is 0 Å². The Morgan fingerprint density at radius 3 is 2.44 bits per heavy atom. The molecule has 2 aromatic rings. The normalized spacial score (nSPS) is 14.0. The number of sulfonamides is 1. The van der Waals surface area contributed by atoms with Crippen LogP contribution in [-0.2, 0) is 10.0 Å². The summed E-state index contributed by atoms with van der Waals surface area (Å²) in [4.78, 5) is 12.4. The maximum atomic E-state index is 12.4. The summed E-state index contributed by atoms with van der Waals surface area (Å²) in [5, 5.41) is 2.30. The summed E-state index contributed by atoms with van der Waals surface area (Å²) in [7, 11) is -3.41. The van der Waals surface area contributed by atoms with Crippen LogP contribution in [0.1, 0.15) is 37.0 Å². The maximum absolute atomic E-state index is 12.4. The first-order valence-electron chi connectivity index (χ1n) is 8.99. The van der Waals surface area contributed by atoms with Crippen LogP contribution in [0.5, 0.6) is 5.75 Å². The van der Waals surface area contributed by atoms with E-state index in [9.17, 15) is 13.2 Å². The molecular weight excluding hydrogens is 364 g/mol. The summed E-state index contributed by atoms with van der Waals surface area (Å²) in [5.74, 6) is 1.13. The number of carbonyl (C=O) groups is 1. The minimum Gasteiger partial charge on any atom is -0.493 e. The van der Waals surface area contributed by atoms with E-state index in [2.05, 4.69) is 10.0 Å². The van der Waals surface area contributed by atoms with Crippen molar-refractivity contribution in [2.24, 2.45) is 5.92 Å². The molecule has 1 fully saturated rings. The van der Waals surface area contributed by atoms with Crippen LogP contribution in [-0.4, -0.2) is 26.2 Å². The maximum Gasteiger partial charge on any atom is 0.255 e. The van der Waals surface area contributed by atoms with E-state index in [-0.39, 0.29) is 5.91 Å². The molecule has 1 aliphatic carbocycles. The molecular formula is C20H24N2O4S. The van der Waals surface area contributed by atoms with E-state index in [1.807, 2.05) is 12.1 Å². The fourth-order valence-corrected chi connectivity index (χ4v) is 3.04. The summed E-state index contributed by atoms with van der Waals surface area (Å²) < 4.78 is 32.0. The largest absolute Gasteiger partial charge is 0.493 e. The van der Waals surface area contributed by atoms with Crippen molar-refractivity contribution in [1.82, 2.24) is 0 Å². The van der Waals surface area contributed by atoms with Crippen LogP contribution in [0.4, 0.5) is 11.4 Å². The number of carbonyl (C=O) groups excluding carboxylic acids is 1. The number of rotatable bonds is 8. The van der Waals surface area contributed by atoms with Gasteiger partial charge in [0.05, 0.1) is 11.9 Å². The lowest BCUT2D eigenvalue weighted by molar-refractivity contribution is 0.102. The Labute approximate surface area is 160 Å². The van der Waals surface area contributed by atoms with E-state index in [1.165, 1.54) is 12.8 Å². The first-order valence-corrected chi connectivity index (χ1v) is 10.5. The van der Waals surface area contributed by atoms with E-state index in [0.717, 1.165) is 5.75 Å². The summed E-state index contributed by atoms with van der Waals surface area (Å²) in [6.07, 6.45) is 2.44. The SMILES string of the molecule is CC(C)S(=O)(=O)Nc1ccc(C(=O)Nc2cccc(OCC3CC3)c2)cc1. The Morgan fingerprint density at radius 1 is 1.11 bits per heavy atom. The molecule has 0 aromatic heterocycles. The topological polar surface area (TPSA) is 84.5 Å². The van der Waals surface area contributed by atoms with Crippen LogP contribution in [0.25, 0.3) is 0 Å². The van der Waals surface area contributed by atoms with Crippen LogP contribution in [0.2, 0.25) is 0 Å². The molecule has 0 bridgehead atoms. The van der Waals surface area contributed by atoms with Crippen LogP contribution in [0.15, 0.2) is 48.5 Å². The molecule has 6 nitrogen and oxygen atoms in total. The van der Waals surface area contributed by atoms with Gasteiger partial charge in [-0.05, 0) is 69.0 Å². The van der Waals surface area contributed by atoms with Gasteiger partial charge in [-0.15, -0.1) is 0 Å². The van der Waals surface area contributed by atoms with Gasteiger partial charge in [0.15, 0.2) is 0 Å². The predicted molar refractivity (Wildman–Crippen MR) is 107 cm³/mol. The number of amides is 1. The zero-order valence-corrected chi connectivity index (χ0v) is 16.3. The van der Waals surface area contributed by atoms with Crippen LogP contribution in [0, 0.1) is 5.92 Å².